The molecule has 0 aliphatic carbocycles. The first-order valence-corrected chi connectivity index (χ1v) is 6.24. The first kappa shape index (κ1) is 11.2. The summed E-state index contributed by atoms with van der Waals surface area (Å²) < 4.78 is 6.08. The molecule has 2 N–H and O–H groups in total. The molecule has 0 saturated carbocycles. The molecule has 1 aromatic carbocycles. The molecule has 0 spiro atoms. The predicted molar refractivity (Wildman–Crippen MR) is 66.2 cm³/mol. The van der Waals surface area contributed by atoms with E-state index in [0.29, 0.717) is 11.4 Å². The summed E-state index contributed by atoms with van der Waals surface area (Å²) in [6, 6.07) is 5.67. The fourth-order valence-corrected chi connectivity index (χ4v) is 2.99. The molecule has 1 aromatic heterocycles. The van der Waals surface area contributed by atoms with Crippen LogP contribution in [0.2, 0.25) is 0 Å². The highest BCUT2D eigenvalue weighted by molar-refractivity contribution is 8.01. The van der Waals surface area contributed by atoms with Gasteiger partial charge in [-0.3, -0.25) is 0 Å². The lowest BCUT2D eigenvalue weighted by Crippen LogP contribution is -1.91. The van der Waals surface area contributed by atoms with Crippen molar-refractivity contribution >= 4 is 28.8 Å². The van der Waals surface area contributed by atoms with Crippen molar-refractivity contribution in [1.29, 1.82) is 0 Å². The number of aromatic nitrogens is 2. The second-order valence-corrected chi connectivity index (χ2v) is 5.60. The first-order valence-electron chi connectivity index (χ1n) is 4.60. The van der Waals surface area contributed by atoms with E-state index in [0.717, 1.165) is 14.2 Å². The van der Waals surface area contributed by atoms with E-state index in [4.69, 9.17) is 10.5 Å². The molecule has 4 nitrogen and oxygen atoms in total. The van der Waals surface area contributed by atoms with Crippen LogP contribution >= 0.6 is 23.1 Å². The standard InChI is InChI=1S/C10H11N3OS2/c1-6-12-13-10(15-6)16-7-3-4-8(11)9(5-7)14-2/h3-5H,11H2,1-2H3. The van der Waals surface area contributed by atoms with Gasteiger partial charge in [0.1, 0.15) is 10.8 Å². The molecule has 1 heterocycles. The predicted octanol–water partition coefficient (Wildman–Crippen LogP) is 2.59. The summed E-state index contributed by atoms with van der Waals surface area (Å²) in [7, 11) is 1.61. The molecule has 0 atom stereocenters. The third kappa shape index (κ3) is 2.45. The summed E-state index contributed by atoms with van der Waals surface area (Å²) in [5, 5.41) is 8.98. The van der Waals surface area contributed by atoms with Gasteiger partial charge in [-0.25, -0.2) is 0 Å². The van der Waals surface area contributed by atoms with Gasteiger partial charge in [-0.15, -0.1) is 10.2 Å². The highest BCUT2D eigenvalue weighted by Gasteiger charge is 2.06. The minimum absolute atomic E-state index is 0.639. The molecule has 16 heavy (non-hydrogen) atoms. The average molecular weight is 253 g/mol. The highest BCUT2D eigenvalue weighted by Crippen LogP contribution is 2.33. The van der Waals surface area contributed by atoms with Gasteiger partial charge in [0.15, 0.2) is 4.34 Å². The summed E-state index contributed by atoms with van der Waals surface area (Å²) in [6.07, 6.45) is 0. The Morgan fingerprint density at radius 3 is 2.81 bits per heavy atom. The molecule has 0 unspecified atom stereocenters. The molecule has 6 heteroatoms. The molecule has 0 bridgehead atoms. The number of hydrogen-bond donors (Lipinski definition) is 1. The highest BCUT2D eigenvalue weighted by atomic mass is 32.2. The van der Waals surface area contributed by atoms with Crippen molar-refractivity contribution in [2.75, 3.05) is 12.8 Å². The zero-order chi connectivity index (χ0) is 11.5. The lowest BCUT2D eigenvalue weighted by Gasteiger charge is -2.05. The van der Waals surface area contributed by atoms with E-state index >= 15 is 0 Å². The summed E-state index contributed by atoms with van der Waals surface area (Å²) in [4.78, 5) is 1.04. The second kappa shape index (κ2) is 4.71. The van der Waals surface area contributed by atoms with Crippen molar-refractivity contribution in [3.63, 3.8) is 0 Å². The minimum Gasteiger partial charge on any atom is -0.495 e. The summed E-state index contributed by atoms with van der Waals surface area (Å²) in [5.41, 5.74) is 6.38. The molecular formula is C10H11N3OS2. The zero-order valence-corrected chi connectivity index (χ0v) is 10.6. The monoisotopic (exact) mass is 253 g/mol. The fourth-order valence-electron chi connectivity index (χ4n) is 1.18. The molecule has 2 rings (SSSR count). The van der Waals surface area contributed by atoms with Crippen LogP contribution < -0.4 is 10.5 Å². The van der Waals surface area contributed by atoms with Crippen LogP contribution in [0.4, 0.5) is 5.69 Å². The van der Waals surface area contributed by atoms with Gasteiger partial charge >= 0.3 is 0 Å². The SMILES string of the molecule is COc1cc(Sc2nnc(C)s2)ccc1N. The number of aryl methyl sites for hydroxylation is 1. The van der Waals surface area contributed by atoms with Crippen LogP contribution in [0.15, 0.2) is 27.4 Å². The number of rotatable bonds is 3. The van der Waals surface area contributed by atoms with Crippen LogP contribution in [-0.4, -0.2) is 17.3 Å². The maximum absolute atomic E-state index is 5.74. The van der Waals surface area contributed by atoms with E-state index in [1.807, 2.05) is 25.1 Å². The Morgan fingerprint density at radius 2 is 2.19 bits per heavy atom. The Kier molecular flexibility index (Phi) is 3.31. The third-order valence-corrected chi connectivity index (χ3v) is 3.80. The number of anilines is 1. The number of ether oxygens (including phenoxy) is 1. The van der Waals surface area contributed by atoms with Gasteiger partial charge in [-0.2, -0.15) is 0 Å². The largest absolute Gasteiger partial charge is 0.495 e. The average Bonchev–Trinajstić information content (AvgIpc) is 2.67. The van der Waals surface area contributed by atoms with Gasteiger partial charge in [0, 0.05) is 4.90 Å². The van der Waals surface area contributed by atoms with Crippen LogP contribution in [0.1, 0.15) is 5.01 Å². The lowest BCUT2D eigenvalue weighted by atomic mass is 10.3. The molecule has 0 aliphatic rings. The number of hydrogen-bond acceptors (Lipinski definition) is 6. The van der Waals surface area contributed by atoms with Crippen LogP contribution in [-0.2, 0) is 0 Å². The summed E-state index contributed by atoms with van der Waals surface area (Å²) in [5.74, 6) is 0.686. The van der Waals surface area contributed by atoms with Gasteiger partial charge in [0.25, 0.3) is 0 Å². The molecule has 2 aromatic rings. The fraction of sp³-hybridized carbons (Fsp3) is 0.200. The van der Waals surface area contributed by atoms with Crippen molar-refractivity contribution in [2.24, 2.45) is 0 Å². The smallest absolute Gasteiger partial charge is 0.179 e. The van der Waals surface area contributed by atoms with Crippen LogP contribution in [0.5, 0.6) is 5.75 Å². The maximum atomic E-state index is 5.74. The Morgan fingerprint density at radius 1 is 1.38 bits per heavy atom. The van der Waals surface area contributed by atoms with Crippen molar-refractivity contribution in [1.82, 2.24) is 10.2 Å². The van der Waals surface area contributed by atoms with E-state index in [2.05, 4.69) is 10.2 Å². The van der Waals surface area contributed by atoms with Crippen LogP contribution in [0, 0.1) is 6.92 Å². The summed E-state index contributed by atoms with van der Waals surface area (Å²) >= 11 is 3.12. The van der Waals surface area contributed by atoms with Crippen molar-refractivity contribution in [3.8, 4) is 5.75 Å². The molecule has 0 saturated heterocycles. The van der Waals surface area contributed by atoms with E-state index in [1.165, 1.54) is 0 Å². The Balaban J connectivity index is 2.21. The number of nitrogen functional groups attached to an aromatic ring is 1. The topological polar surface area (TPSA) is 61.0 Å². The normalized spacial score (nSPS) is 10.4. The second-order valence-electron chi connectivity index (χ2n) is 3.09. The number of nitrogens with zero attached hydrogens (tertiary/aromatic N) is 2. The van der Waals surface area contributed by atoms with Gasteiger partial charge in [0.05, 0.1) is 12.8 Å². The zero-order valence-electron chi connectivity index (χ0n) is 8.93. The van der Waals surface area contributed by atoms with Crippen molar-refractivity contribution in [2.45, 2.75) is 16.2 Å². The number of nitrogens with two attached hydrogens (primary N) is 1. The molecule has 0 fully saturated rings. The quantitative estimate of drug-likeness (QED) is 0.852. The molecule has 0 radical (unpaired) electrons. The molecule has 0 amide bonds. The lowest BCUT2D eigenvalue weighted by molar-refractivity contribution is 0.416. The van der Waals surface area contributed by atoms with E-state index in [9.17, 15) is 0 Å². The summed E-state index contributed by atoms with van der Waals surface area (Å²) in [6.45, 7) is 1.94. The van der Waals surface area contributed by atoms with Gasteiger partial charge < -0.3 is 10.5 Å². The maximum Gasteiger partial charge on any atom is 0.179 e. The minimum atomic E-state index is 0.639. The first-order chi connectivity index (χ1) is 7.69. The molecule has 0 aliphatic heterocycles. The third-order valence-electron chi connectivity index (χ3n) is 1.92. The molecule has 84 valence electrons. The Hall–Kier alpha value is -1.27. The van der Waals surface area contributed by atoms with E-state index < -0.39 is 0 Å². The van der Waals surface area contributed by atoms with Gasteiger partial charge in [-0.05, 0) is 25.1 Å². The number of benzene rings is 1. The van der Waals surface area contributed by atoms with Gasteiger partial charge in [-0.1, -0.05) is 23.1 Å². The van der Waals surface area contributed by atoms with E-state index in [-0.39, 0.29) is 0 Å². The van der Waals surface area contributed by atoms with Crippen molar-refractivity contribution in [3.05, 3.63) is 23.2 Å². The number of methoxy groups -OCH3 is 1. The van der Waals surface area contributed by atoms with Gasteiger partial charge in [0.2, 0.25) is 0 Å². The van der Waals surface area contributed by atoms with Crippen LogP contribution in [0.3, 0.4) is 0 Å². The van der Waals surface area contributed by atoms with Crippen LogP contribution in [0.25, 0.3) is 0 Å². The van der Waals surface area contributed by atoms with E-state index in [1.54, 1.807) is 30.2 Å². The molecular weight excluding hydrogens is 242 g/mol. The van der Waals surface area contributed by atoms with Crippen molar-refractivity contribution < 1.29 is 4.74 Å². The Bertz CT molecular complexity index is 499. The Labute approximate surface area is 102 Å².